The Morgan fingerprint density at radius 2 is 2.17 bits per heavy atom. The minimum atomic E-state index is -0.906. The van der Waals surface area contributed by atoms with E-state index in [0.717, 1.165) is 17.2 Å². The summed E-state index contributed by atoms with van der Waals surface area (Å²) in [4.78, 5) is 13.9. The highest BCUT2D eigenvalue weighted by Gasteiger charge is 2.10. The summed E-state index contributed by atoms with van der Waals surface area (Å²) in [5.74, 6) is 0.849. The molecule has 0 unspecified atom stereocenters. The van der Waals surface area contributed by atoms with Crippen molar-refractivity contribution >= 4 is 5.97 Å². The minimum Gasteiger partial charge on any atom is -0.478 e. The summed E-state index contributed by atoms with van der Waals surface area (Å²) in [5, 5.41) is 12.1. The first-order valence-electron chi connectivity index (χ1n) is 5.74. The summed E-state index contributed by atoms with van der Waals surface area (Å²) in [6, 6.07) is 5.49. The van der Waals surface area contributed by atoms with Crippen molar-refractivity contribution in [1.29, 1.82) is 0 Å². The Bertz CT molecular complexity index is 554. The Hall–Kier alpha value is -2.01. The van der Waals surface area contributed by atoms with E-state index in [1.165, 1.54) is 0 Å². The van der Waals surface area contributed by atoms with Crippen LogP contribution >= 0.6 is 0 Å². The molecule has 0 saturated heterocycles. The Balaban J connectivity index is 1.90. The van der Waals surface area contributed by atoms with Crippen LogP contribution in [0.4, 0.5) is 0 Å². The number of nitrogens with one attached hydrogen (secondary N) is 2. The van der Waals surface area contributed by atoms with Crippen LogP contribution in [0.1, 0.15) is 33.3 Å². The topological polar surface area (TPSA) is 78.3 Å². The number of hydrogen-bond donors (Lipinski definition) is 3. The molecule has 0 spiro atoms. The second kappa shape index (κ2) is 5.10. The number of carboxylic acid groups (broad SMARTS) is 1. The fraction of sp³-hybridized carbons (Fsp3) is 0.308. The van der Waals surface area contributed by atoms with Gasteiger partial charge in [-0.05, 0) is 32.0 Å². The smallest absolute Gasteiger partial charge is 0.337 e. The summed E-state index contributed by atoms with van der Waals surface area (Å²) in [6.45, 7) is 4.85. The number of carboxylic acids is 1. The lowest BCUT2D eigenvalue weighted by Gasteiger charge is -2.00. The first-order chi connectivity index (χ1) is 8.56. The van der Waals surface area contributed by atoms with Gasteiger partial charge in [0.2, 0.25) is 0 Å². The Kier molecular flexibility index (Phi) is 3.53. The van der Waals surface area contributed by atoms with E-state index in [9.17, 15) is 4.79 Å². The van der Waals surface area contributed by atoms with Gasteiger partial charge in [-0.2, -0.15) is 0 Å². The molecule has 5 nitrogen and oxygen atoms in total. The third-order valence-electron chi connectivity index (χ3n) is 2.71. The monoisotopic (exact) mass is 248 g/mol. The zero-order valence-electron chi connectivity index (χ0n) is 10.4. The summed E-state index contributed by atoms with van der Waals surface area (Å²) < 4.78 is 5.42. The predicted octanol–water partition coefficient (Wildman–Crippen LogP) is 2.21. The zero-order chi connectivity index (χ0) is 13.1. The highest BCUT2D eigenvalue weighted by molar-refractivity contribution is 5.89. The van der Waals surface area contributed by atoms with Gasteiger partial charge in [0.1, 0.15) is 11.5 Å². The van der Waals surface area contributed by atoms with Crippen molar-refractivity contribution in [1.82, 2.24) is 10.3 Å². The number of furan rings is 1. The standard InChI is InChI=1S/C13H16N2O3/c1-8-3-4-11(18-8)7-14-6-10-5-12(13(16)17)9(2)15-10/h3-5,14-15H,6-7H2,1-2H3,(H,16,17). The molecule has 18 heavy (non-hydrogen) atoms. The van der Waals surface area contributed by atoms with Crippen LogP contribution in [-0.4, -0.2) is 16.1 Å². The SMILES string of the molecule is Cc1ccc(CNCc2cc(C(=O)O)c(C)[nH]2)o1. The van der Waals surface area contributed by atoms with E-state index in [1.807, 2.05) is 19.1 Å². The van der Waals surface area contributed by atoms with Gasteiger partial charge in [0.15, 0.2) is 0 Å². The normalized spacial score (nSPS) is 10.8. The summed E-state index contributed by atoms with van der Waals surface area (Å²) in [7, 11) is 0. The molecule has 0 bridgehead atoms. The van der Waals surface area contributed by atoms with Crippen molar-refractivity contribution in [2.75, 3.05) is 0 Å². The summed E-state index contributed by atoms with van der Waals surface area (Å²) >= 11 is 0. The van der Waals surface area contributed by atoms with Crippen molar-refractivity contribution in [3.63, 3.8) is 0 Å². The number of aryl methyl sites for hydroxylation is 2. The number of aromatic amines is 1. The van der Waals surface area contributed by atoms with E-state index < -0.39 is 5.97 Å². The molecule has 5 heteroatoms. The van der Waals surface area contributed by atoms with Crippen LogP contribution in [0.15, 0.2) is 22.6 Å². The molecule has 0 fully saturated rings. The molecule has 3 N–H and O–H groups in total. The van der Waals surface area contributed by atoms with Gasteiger partial charge in [-0.15, -0.1) is 0 Å². The minimum absolute atomic E-state index is 0.320. The van der Waals surface area contributed by atoms with Crippen molar-refractivity contribution in [3.8, 4) is 0 Å². The molecule has 2 heterocycles. The highest BCUT2D eigenvalue weighted by atomic mass is 16.4. The molecule has 0 saturated carbocycles. The number of hydrogen-bond acceptors (Lipinski definition) is 3. The molecule has 0 aliphatic rings. The number of H-pyrrole nitrogens is 1. The second-order valence-electron chi connectivity index (χ2n) is 4.25. The van der Waals surface area contributed by atoms with Gasteiger partial charge in [0.25, 0.3) is 0 Å². The summed E-state index contributed by atoms with van der Waals surface area (Å²) in [5.41, 5.74) is 1.85. The predicted molar refractivity (Wildman–Crippen MR) is 66.5 cm³/mol. The summed E-state index contributed by atoms with van der Waals surface area (Å²) in [6.07, 6.45) is 0. The lowest BCUT2D eigenvalue weighted by atomic mass is 10.2. The van der Waals surface area contributed by atoms with Crippen molar-refractivity contribution < 1.29 is 14.3 Å². The zero-order valence-corrected chi connectivity index (χ0v) is 10.4. The molecule has 0 amide bonds. The molecule has 0 aliphatic carbocycles. The van der Waals surface area contributed by atoms with Gasteiger partial charge < -0.3 is 19.8 Å². The molecule has 0 aromatic carbocycles. The number of rotatable bonds is 5. The lowest BCUT2D eigenvalue weighted by molar-refractivity contribution is 0.0696. The third-order valence-corrected chi connectivity index (χ3v) is 2.71. The van der Waals surface area contributed by atoms with Crippen LogP contribution in [0.3, 0.4) is 0 Å². The van der Waals surface area contributed by atoms with Crippen LogP contribution in [0, 0.1) is 13.8 Å². The van der Waals surface area contributed by atoms with E-state index >= 15 is 0 Å². The molecule has 96 valence electrons. The Labute approximate surface area is 105 Å². The molecule has 0 atom stereocenters. The molecule has 2 aromatic rings. The van der Waals surface area contributed by atoms with Gasteiger partial charge in [-0.1, -0.05) is 0 Å². The molecule has 0 radical (unpaired) electrons. The highest BCUT2D eigenvalue weighted by Crippen LogP contribution is 2.10. The third kappa shape index (κ3) is 2.81. The van der Waals surface area contributed by atoms with Crippen LogP contribution < -0.4 is 5.32 Å². The van der Waals surface area contributed by atoms with E-state index in [0.29, 0.717) is 24.3 Å². The average Bonchev–Trinajstić information content (AvgIpc) is 2.85. The van der Waals surface area contributed by atoms with Crippen LogP contribution in [0.2, 0.25) is 0 Å². The van der Waals surface area contributed by atoms with Gasteiger partial charge in [-0.3, -0.25) is 0 Å². The molecular formula is C13H16N2O3. The van der Waals surface area contributed by atoms with Crippen molar-refractivity contribution in [2.24, 2.45) is 0 Å². The van der Waals surface area contributed by atoms with Gasteiger partial charge in [0.05, 0.1) is 12.1 Å². The maximum absolute atomic E-state index is 10.9. The van der Waals surface area contributed by atoms with Crippen LogP contribution in [-0.2, 0) is 13.1 Å². The van der Waals surface area contributed by atoms with Crippen LogP contribution in [0.5, 0.6) is 0 Å². The molecule has 0 aliphatic heterocycles. The number of carbonyl (C=O) groups is 1. The van der Waals surface area contributed by atoms with Gasteiger partial charge in [-0.25, -0.2) is 4.79 Å². The lowest BCUT2D eigenvalue weighted by Crippen LogP contribution is -2.12. The van der Waals surface area contributed by atoms with E-state index in [4.69, 9.17) is 9.52 Å². The number of aromatic carboxylic acids is 1. The Morgan fingerprint density at radius 3 is 2.72 bits per heavy atom. The fourth-order valence-corrected chi connectivity index (χ4v) is 1.84. The van der Waals surface area contributed by atoms with Gasteiger partial charge in [0, 0.05) is 17.9 Å². The largest absolute Gasteiger partial charge is 0.478 e. The quantitative estimate of drug-likeness (QED) is 0.758. The maximum Gasteiger partial charge on any atom is 0.337 e. The van der Waals surface area contributed by atoms with E-state index in [1.54, 1.807) is 13.0 Å². The molecular weight excluding hydrogens is 232 g/mol. The van der Waals surface area contributed by atoms with Crippen molar-refractivity contribution in [3.05, 3.63) is 46.7 Å². The first-order valence-corrected chi connectivity index (χ1v) is 5.74. The van der Waals surface area contributed by atoms with Crippen LogP contribution in [0.25, 0.3) is 0 Å². The maximum atomic E-state index is 10.9. The molecule has 2 rings (SSSR count). The average molecular weight is 248 g/mol. The second-order valence-corrected chi connectivity index (χ2v) is 4.25. The van der Waals surface area contributed by atoms with E-state index in [2.05, 4.69) is 10.3 Å². The van der Waals surface area contributed by atoms with Gasteiger partial charge >= 0.3 is 5.97 Å². The first kappa shape index (κ1) is 12.4. The number of aromatic nitrogens is 1. The molecule has 2 aromatic heterocycles. The Morgan fingerprint density at radius 1 is 1.39 bits per heavy atom. The fourth-order valence-electron chi connectivity index (χ4n) is 1.84. The van der Waals surface area contributed by atoms with Crippen molar-refractivity contribution in [2.45, 2.75) is 26.9 Å². The van der Waals surface area contributed by atoms with E-state index in [-0.39, 0.29) is 0 Å².